The number of pyridine rings is 2. The summed E-state index contributed by atoms with van der Waals surface area (Å²) in [5.74, 6) is 0.168. The molecule has 1 atom stereocenters. The molecule has 0 saturated carbocycles. The molecule has 3 N–H and O–H groups in total. The summed E-state index contributed by atoms with van der Waals surface area (Å²) in [6, 6.07) is 5.73. The lowest BCUT2D eigenvalue weighted by atomic mass is 10.2. The van der Waals surface area contributed by atoms with Crippen molar-refractivity contribution in [3.63, 3.8) is 0 Å². The van der Waals surface area contributed by atoms with Gasteiger partial charge in [-0.25, -0.2) is 9.97 Å². The summed E-state index contributed by atoms with van der Waals surface area (Å²) >= 11 is 0. The topological polar surface area (TPSA) is 129 Å². The van der Waals surface area contributed by atoms with Gasteiger partial charge in [0.05, 0.1) is 47.3 Å². The van der Waals surface area contributed by atoms with E-state index >= 15 is 0 Å². The Labute approximate surface area is 195 Å². The van der Waals surface area contributed by atoms with Gasteiger partial charge in [-0.05, 0) is 51.4 Å². The lowest BCUT2D eigenvalue weighted by Gasteiger charge is -2.20. The Hall–Kier alpha value is -4.05. The average molecular weight is 460 g/mol. The molecular formula is C24H25N7O3. The van der Waals surface area contributed by atoms with Gasteiger partial charge in [0.1, 0.15) is 5.65 Å². The number of amides is 2. The Kier molecular flexibility index (Phi) is 5.81. The highest BCUT2D eigenvalue weighted by atomic mass is 16.3. The van der Waals surface area contributed by atoms with Crippen LogP contribution in [0.2, 0.25) is 0 Å². The molecule has 1 aliphatic rings. The van der Waals surface area contributed by atoms with Gasteiger partial charge in [0.2, 0.25) is 5.91 Å². The number of rotatable bonds is 6. The third-order valence-corrected chi connectivity index (χ3v) is 6.09. The van der Waals surface area contributed by atoms with Crippen LogP contribution in [0.4, 0.5) is 11.4 Å². The van der Waals surface area contributed by atoms with Gasteiger partial charge in [-0.1, -0.05) is 0 Å². The molecule has 174 valence electrons. The third-order valence-electron chi connectivity index (χ3n) is 6.09. The zero-order chi connectivity index (χ0) is 23.7. The van der Waals surface area contributed by atoms with Crippen molar-refractivity contribution in [2.24, 2.45) is 0 Å². The van der Waals surface area contributed by atoms with Gasteiger partial charge in [-0.3, -0.25) is 19.5 Å². The fourth-order valence-electron chi connectivity index (χ4n) is 4.16. The molecule has 10 nitrogen and oxygen atoms in total. The predicted molar refractivity (Wildman–Crippen MR) is 127 cm³/mol. The number of hydrogen-bond donors (Lipinski definition) is 3. The molecule has 4 aromatic rings. The van der Waals surface area contributed by atoms with Gasteiger partial charge >= 0.3 is 0 Å². The van der Waals surface area contributed by atoms with E-state index in [-0.39, 0.29) is 11.8 Å². The lowest BCUT2D eigenvalue weighted by Crippen LogP contribution is -2.35. The first kappa shape index (κ1) is 21.8. The van der Waals surface area contributed by atoms with E-state index in [1.54, 1.807) is 31.5 Å². The number of aromatic amines is 1. The second-order valence-electron chi connectivity index (χ2n) is 8.53. The van der Waals surface area contributed by atoms with Crippen molar-refractivity contribution in [1.29, 1.82) is 0 Å². The van der Waals surface area contributed by atoms with Crippen LogP contribution < -0.4 is 10.6 Å². The number of likely N-dealkylation sites (tertiary alicyclic amines) is 1. The molecule has 5 rings (SSSR count). The number of anilines is 2. The Morgan fingerprint density at radius 2 is 2.06 bits per heavy atom. The Morgan fingerprint density at radius 3 is 2.82 bits per heavy atom. The molecule has 0 unspecified atom stereocenters. The van der Waals surface area contributed by atoms with E-state index in [9.17, 15) is 9.59 Å². The fraction of sp³-hybridized carbons (Fsp3) is 0.292. The number of hydrogen-bond acceptors (Lipinski definition) is 7. The highest BCUT2D eigenvalue weighted by molar-refractivity contribution is 6.06. The van der Waals surface area contributed by atoms with Gasteiger partial charge < -0.3 is 20.0 Å². The molecule has 34 heavy (non-hydrogen) atoms. The largest absolute Gasteiger partial charge is 0.442 e. The molecule has 1 saturated heterocycles. The summed E-state index contributed by atoms with van der Waals surface area (Å²) in [5, 5.41) is 6.53. The van der Waals surface area contributed by atoms with E-state index in [1.807, 2.05) is 6.07 Å². The molecule has 2 amide bonds. The summed E-state index contributed by atoms with van der Waals surface area (Å²) in [7, 11) is 0. The Morgan fingerprint density at radius 1 is 1.18 bits per heavy atom. The Bertz CT molecular complexity index is 1350. The first-order valence-corrected chi connectivity index (χ1v) is 11.2. The van der Waals surface area contributed by atoms with Crippen LogP contribution in [0, 0.1) is 6.92 Å². The molecule has 10 heteroatoms. The highest BCUT2D eigenvalue weighted by Gasteiger charge is 2.22. The van der Waals surface area contributed by atoms with Crippen molar-refractivity contribution in [1.82, 2.24) is 24.8 Å². The molecule has 0 spiro atoms. The highest BCUT2D eigenvalue weighted by Crippen LogP contribution is 2.24. The number of oxazole rings is 1. The minimum Gasteiger partial charge on any atom is -0.442 e. The summed E-state index contributed by atoms with van der Waals surface area (Å²) < 4.78 is 5.31. The second kappa shape index (κ2) is 9.06. The van der Waals surface area contributed by atoms with Gasteiger partial charge in [0, 0.05) is 17.6 Å². The number of carbonyl (C=O) groups excluding carboxylic acids is 2. The summed E-state index contributed by atoms with van der Waals surface area (Å²) in [6.45, 7) is 5.21. The molecule has 5 heterocycles. The maximum absolute atomic E-state index is 12.9. The standard InChI is InChI=1S/C24H25N7O3/c1-14-4-3-5-31(14)12-22(32)28-18-8-19(15(2)26-10-18)30-24(33)17-6-16-7-20(21-11-25-13-34-21)29-23(16)27-9-17/h6-11,13-14H,3-5,12H2,1-2H3,(H,27,29)(H,28,32)(H,30,33)/t14-/m0/s1. The monoisotopic (exact) mass is 459 g/mol. The molecule has 0 aromatic carbocycles. The normalized spacial score (nSPS) is 16.1. The molecule has 0 aliphatic carbocycles. The second-order valence-corrected chi connectivity index (χ2v) is 8.53. The minimum absolute atomic E-state index is 0.0960. The van der Waals surface area contributed by atoms with E-state index in [2.05, 4.69) is 42.4 Å². The fourth-order valence-corrected chi connectivity index (χ4v) is 4.16. The van der Waals surface area contributed by atoms with Crippen LogP contribution in [-0.4, -0.2) is 55.8 Å². The third kappa shape index (κ3) is 4.53. The first-order chi connectivity index (χ1) is 16.5. The number of carbonyl (C=O) groups is 2. The van der Waals surface area contributed by atoms with Crippen molar-refractivity contribution in [3.8, 4) is 11.5 Å². The van der Waals surface area contributed by atoms with E-state index in [0.717, 1.165) is 30.5 Å². The minimum atomic E-state index is -0.323. The van der Waals surface area contributed by atoms with Gasteiger partial charge in [-0.2, -0.15) is 0 Å². The van der Waals surface area contributed by atoms with Crippen molar-refractivity contribution < 1.29 is 14.0 Å². The number of aromatic nitrogens is 4. The number of nitrogens with zero attached hydrogens (tertiary/aromatic N) is 4. The quantitative estimate of drug-likeness (QED) is 0.402. The molecule has 0 bridgehead atoms. The number of aryl methyl sites for hydroxylation is 1. The van der Waals surface area contributed by atoms with Crippen LogP contribution >= 0.6 is 0 Å². The van der Waals surface area contributed by atoms with Crippen molar-refractivity contribution in [2.45, 2.75) is 32.7 Å². The maximum Gasteiger partial charge on any atom is 0.257 e. The van der Waals surface area contributed by atoms with Crippen molar-refractivity contribution >= 4 is 34.2 Å². The summed E-state index contributed by atoms with van der Waals surface area (Å²) in [4.78, 5) is 43.3. The molecular weight excluding hydrogens is 434 g/mol. The van der Waals surface area contributed by atoms with Crippen LogP contribution in [0.15, 0.2) is 47.6 Å². The molecule has 0 radical (unpaired) electrons. The van der Waals surface area contributed by atoms with Gasteiger partial charge in [0.25, 0.3) is 5.91 Å². The summed E-state index contributed by atoms with van der Waals surface area (Å²) in [5.41, 5.74) is 3.46. The number of H-pyrrole nitrogens is 1. The SMILES string of the molecule is Cc1ncc(NC(=O)CN2CCC[C@@H]2C)cc1NC(=O)c1cnc2[nH]c(-c3cnco3)cc2c1. The van der Waals surface area contributed by atoms with Crippen LogP contribution in [0.25, 0.3) is 22.5 Å². The molecule has 1 aliphatic heterocycles. The van der Waals surface area contributed by atoms with E-state index in [1.165, 1.54) is 12.6 Å². The molecule has 1 fully saturated rings. The number of nitrogens with one attached hydrogen (secondary N) is 3. The predicted octanol–water partition coefficient (Wildman–Crippen LogP) is 3.60. The zero-order valence-corrected chi connectivity index (χ0v) is 19.0. The van der Waals surface area contributed by atoms with E-state index < -0.39 is 0 Å². The molecule has 4 aromatic heterocycles. The lowest BCUT2D eigenvalue weighted by molar-refractivity contribution is -0.117. The van der Waals surface area contributed by atoms with Crippen LogP contribution in [0.3, 0.4) is 0 Å². The van der Waals surface area contributed by atoms with E-state index in [0.29, 0.717) is 46.6 Å². The smallest absolute Gasteiger partial charge is 0.257 e. The zero-order valence-electron chi connectivity index (χ0n) is 19.0. The maximum atomic E-state index is 12.9. The van der Waals surface area contributed by atoms with Crippen molar-refractivity contribution in [3.05, 3.63) is 54.4 Å². The summed E-state index contributed by atoms with van der Waals surface area (Å²) in [6.07, 6.45) is 8.28. The Balaban J connectivity index is 1.29. The first-order valence-electron chi connectivity index (χ1n) is 11.2. The van der Waals surface area contributed by atoms with Gasteiger partial charge in [0.15, 0.2) is 12.2 Å². The van der Waals surface area contributed by atoms with Crippen molar-refractivity contribution in [2.75, 3.05) is 23.7 Å². The van der Waals surface area contributed by atoms with Crippen LogP contribution in [0.5, 0.6) is 0 Å². The number of fused-ring (bicyclic) bond motifs is 1. The average Bonchev–Trinajstić information content (AvgIpc) is 3.57. The van der Waals surface area contributed by atoms with Gasteiger partial charge in [-0.15, -0.1) is 0 Å². The van der Waals surface area contributed by atoms with Crippen LogP contribution in [-0.2, 0) is 4.79 Å². The van der Waals surface area contributed by atoms with Crippen LogP contribution in [0.1, 0.15) is 35.8 Å². The van der Waals surface area contributed by atoms with E-state index in [4.69, 9.17) is 4.42 Å².